The number of nitrogens with one attached hydrogen (secondary N) is 1. The Bertz CT molecular complexity index is 396. The number of para-hydroxylation sites is 1. The highest BCUT2D eigenvalue weighted by Gasteiger charge is 2.21. The van der Waals surface area contributed by atoms with Crippen molar-refractivity contribution >= 4 is 11.6 Å². The molecule has 21 heavy (non-hydrogen) atoms. The molecule has 0 aromatic heterocycles. The molecule has 1 aromatic rings. The van der Waals surface area contributed by atoms with Crippen LogP contribution in [0.2, 0.25) is 0 Å². The molecule has 0 amide bonds. The lowest BCUT2D eigenvalue weighted by Crippen LogP contribution is -3.00. The minimum atomic E-state index is 0. The van der Waals surface area contributed by atoms with E-state index in [1.165, 1.54) is 24.5 Å². The van der Waals surface area contributed by atoms with E-state index in [1.54, 1.807) is 0 Å². The van der Waals surface area contributed by atoms with Crippen LogP contribution in [0.15, 0.2) is 30.3 Å². The SMILES string of the molecule is CCC[N+](CCC)=C(NCC)N(CC)c1ccccc1.[Cl-]. The molecular formula is C17H30ClN3. The molecule has 1 aromatic carbocycles. The first-order valence-corrected chi connectivity index (χ1v) is 7.96. The zero-order valence-corrected chi connectivity index (χ0v) is 14.7. The van der Waals surface area contributed by atoms with Crippen LogP contribution < -0.4 is 22.6 Å². The third-order valence-corrected chi connectivity index (χ3v) is 3.26. The van der Waals surface area contributed by atoms with Gasteiger partial charge in [0.05, 0.1) is 26.2 Å². The van der Waals surface area contributed by atoms with Gasteiger partial charge in [0.15, 0.2) is 0 Å². The van der Waals surface area contributed by atoms with Crippen LogP contribution in [0.5, 0.6) is 0 Å². The van der Waals surface area contributed by atoms with E-state index < -0.39 is 0 Å². The summed E-state index contributed by atoms with van der Waals surface area (Å²) in [5.74, 6) is 1.24. The number of anilines is 1. The zero-order valence-electron chi connectivity index (χ0n) is 13.9. The fraction of sp³-hybridized carbons (Fsp3) is 0.588. The Labute approximate surface area is 136 Å². The predicted octanol–water partition coefficient (Wildman–Crippen LogP) is 0.315. The predicted molar refractivity (Wildman–Crippen MR) is 88.7 cm³/mol. The van der Waals surface area contributed by atoms with Gasteiger partial charge in [0.1, 0.15) is 5.69 Å². The molecule has 0 saturated carbocycles. The minimum absolute atomic E-state index is 0. The van der Waals surface area contributed by atoms with Gasteiger partial charge >= 0.3 is 5.96 Å². The smallest absolute Gasteiger partial charge is 0.353 e. The van der Waals surface area contributed by atoms with Crippen molar-refractivity contribution in [2.75, 3.05) is 31.1 Å². The molecule has 0 spiro atoms. The van der Waals surface area contributed by atoms with E-state index in [0.29, 0.717) is 0 Å². The van der Waals surface area contributed by atoms with Gasteiger partial charge in [-0.2, -0.15) is 0 Å². The van der Waals surface area contributed by atoms with Crippen molar-refractivity contribution < 1.29 is 17.0 Å². The Kier molecular flexibility index (Phi) is 10.8. The summed E-state index contributed by atoms with van der Waals surface area (Å²) in [6.45, 7) is 13.0. The highest BCUT2D eigenvalue weighted by molar-refractivity contribution is 5.92. The summed E-state index contributed by atoms with van der Waals surface area (Å²) >= 11 is 0. The van der Waals surface area contributed by atoms with E-state index in [-0.39, 0.29) is 12.4 Å². The fourth-order valence-corrected chi connectivity index (χ4v) is 2.46. The van der Waals surface area contributed by atoms with Crippen molar-refractivity contribution in [1.29, 1.82) is 0 Å². The van der Waals surface area contributed by atoms with Gasteiger partial charge in [0, 0.05) is 0 Å². The molecule has 0 bridgehead atoms. The van der Waals surface area contributed by atoms with E-state index in [1.807, 2.05) is 0 Å². The summed E-state index contributed by atoms with van der Waals surface area (Å²) in [7, 11) is 0. The number of hydrogen-bond donors (Lipinski definition) is 1. The van der Waals surface area contributed by atoms with Crippen molar-refractivity contribution in [3.63, 3.8) is 0 Å². The molecule has 0 aliphatic heterocycles. The molecule has 0 heterocycles. The van der Waals surface area contributed by atoms with Crippen LogP contribution in [-0.4, -0.2) is 36.7 Å². The van der Waals surface area contributed by atoms with Crippen LogP contribution in [0.4, 0.5) is 5.69 Å². The van der Waals surface area contributed by atoms with E-state index in [9.17, 15) is 0 Å². The van der Waals surface area contributed by atoms with E-state index in [0.717, 1.165) is 26.2 Å². The largest absolute Gasteiger partial charge is 1.00 e. The van der Waals surface area contributed by atoms with Gasteiger partial charge in [-0.1, -0.05) is 32.0 Å². The average molecular weight is 312 g/mol. The minimum Gasteiger partial charge on any atom is -1.00 e. The quantitative estimate of drug-likeness (QED) is 0.444. The monoisotopic (exact) mass is 311 g/mol. The van der Waals surface area contributed by atoms with Crippen molar-refractivity contribution in [2.24, 2.45) is 0 Å². The summed E-state index contributed by atoms with van der Waals surface area (Å²) in [5.41, 5.74) is 1.25. The number of halogens is 1. The molecule has 0 aliphatic carbocycles. The van der Waals surface area contributed by atoms with Crippen LogP contribution in [0.25, 0.3) is 0 Å². The Morgan fingerprint density at radius 3 is 2.00 bits per heavy atom. The normalized spacial score (nSPS) is 9.71. The molecule has 0 atom stereocenters. The second-order valence-electron chi connectivity index (χ2n) is 4.92. The van der Waals surface area contributed by atoms with E-state index in [4.69, 9.17) is 0 Å². The number of hydrogen-bond acceptors (Lipinski definition) is 0. The Hall–Kier alpha value is -1.22. The van der Waals surface area contributed by atoms with Crippen LogP contribution in [0.3, 0.4) is 0 Å². The zero-order chi connectivity index (χ0) is 14.8. The second kappa shape index (κ2) is 11.4. The lowest BCUT2D eigenvalue weighted by atomic mass is 10.3. The third-order valence-electron chi connectivity index (χ3n) is 3.26. The van der Waals surface area contributed by atoms with Crippen LogP contribution >= 0.6 is 0 Å². The molecule has 1 rings (SSSR count). The number of rotatable bonds is 7. The molecule has 120 valence electrons. The average Bonchev–Trinajstić information content (AvgIpc) is 2.48. The standard InChI is InChI=1S/C17H29N3.ClH/c1-5-14-19(15-6-2)17(18-7-3)20(8-4)16-12-10-9-11-13-16;/h9-13H,5-8,14-15H2,1-4H3;1H. The first-order valence-electron chi connectivity index (χ1n) is 7.96. The number of guanidine groups is 1. The lowest BCUT2D eigenvalue weighted by Gasteiger charge is -2.22. The first kappa shape index (κ1) is 19.8. The Morgan fingerprint density at radius 2 is 1.57 bits per heavy atom. The molecule has 0 saturated heterocycles. The molecule has 0 aliphatic rings. The van der Waals surface area contributed by atoms with Crippen molar-refractivity contribution in [3.05, 3.63) is 30.3 Å². The maximum atomic E-state index is 3.57. The van der Waals surface area contributed by atoms with Crippen molar-refractivity contribution in [1.82, 2.24) is 5.32 Å². The van der Waals surface area contributed by atoms with Crippen LogP contribution in [0.1, 0.15) is 40.5 Å². The summed E-state index contributed by atoms with van der Waals surface area (Å²) in [6, 6.07) is 10.6. The van der Waals surface area contributed by atoms with Gasteiger partial charge in [0.2, 0.25) is 0 Å². The maximum absolute atomic E-state index is 3.57. The van der Waals surface area contributed by atoms with Gasteiger partial charge < -0.3 is 12.4 Å². The Morgan fingerprint density at radius 1 is 1.00 bits per heavy atom. The number of nitrogens with zero attached hydrogens (tertiary/aromatic N) is 2. The van der Waals surface area contributed by atoms with Crippen LogP contribution in [0, 0.1) is 0 Å². The summed E-state index contributed by atoms with van der Waals surface area (Å²) in [5, 5.41) is 3.57. The van der Waals surface area contributed by atoms with E-state index in [2.05, 4.69) is 72.8 Å². The molecule has 4 heteroatoms. The van der Waals surface area contributed by atoms with Crippen molar-refractivity contribution in [2.45, 2.75) is 40.5 Å². The van der Waals surface area contributed by atoms with Gasteiger partial charge in [0.25, 0.3) is 0 Å². The molecule has 1 N–H and O–H groups in total. The third kappa shape index (κ3) is 5.96. The molecule has 0 radical (unpaired) electrons. The molecule has 0 unspecified atom stereocenters. The van der Waals surface area contributed by atoms with Crippen LogP contribution in [-0.2, 0) is 0 Å². The summed E-state index contributed by atoms with van der Waals surface area (Å²) in [4.78, 5) is 2.37. The fourth-order valence-electron chi connectivity index (χ4n) is 2.46. The molecule has 3 nitrogen and oxygen atoms in total. The second-order valence-corrected chi connectivity index (χ2v) is 4.92. The van der Waals surface area contributed by atoms with Gasteiger partial charge in [-0.05, 0) is 38.8 Å². The highest BCUT2D eigenvalue weighted by atomic mass is 35.5. The highest BCUT2D eigenvalue weighted by Crippen LogP contribution is 2.13. The van der Waals surface area contributed by atoms with Gasteiger partial charge in [-0.3, -0.25) is 9.89 Å². The summed E-state index contributed by atoms with van der Waals surface area (Å²) in [6.07, 6.45) is 2.34. The maximum Gasteiger partial charge on any atom is 0.353 e. The van der Waals surface area contributed by atoms with Crippen molar-refractivity contribution in [3.8, 4) is 0 Å². The lowest BCUT2D eigenvalue weighted by molar-refractivity contribution is -0.530. The van der Waals surface area contributed by atoms with E-state index >= 15 is 0 Å². The Balaban J connectivity index is 0.00000400. The van der Waals surface area contributed by atoms with Gasteiger partial charge in [-0.25, -0.2) is 4.90 Å². The first-order chi connectivity index (χ1) is 9.78. The molecular weight excluding hydrogens is 282 g/mol. The topological polar surface area (TPSA) is 18.3 Å². The molecule has 0 fully saturated rings. The summed E-state index contributed by atoms with van der Waals surface area (Å²) < 4.78 is 2.47. The number of benzene rings is 1. The van der Waals surface area contributed by atoms with Gasteiger partial charge in [-0.15, -0.1) is 0 Å².